The second kappa shape index (κ2) is 11.0. The lowest BCUT2D eigenvalue weighted by atomic mass is 10.0. The summed E-state index contributed by atoms with van der Waals surface area (Å²) in [7, 11) is 0. The van der Waals surface area contributed by atoms with E-state index >= 15 is 4.39 Å². The number of carbonyl (C=O) groups excluding carboxylic acids is 1. The number of pyridine rings is 2. The topological polar surface area (TPSA) is 103 Å². The Kier molecular flexibility index (Phi) is 7.47. The maximum absolute atomic E-state index is 15.2. The summed E-state index contributed by atoms with van der Waals surface area (Å²) in [5.74, 6) is 0.0864. The van der Waals surface area contributed by atoms with E-state index in [1.165, 1.54) is 22.9 Å². The van der Waals surface area contributed by atoms with Gasteiger partial charge in [0.25, 0.3) is 0 Å². The Balaban J connectivity index is 1.61. The zero-order valence-corrected chi connectivity index (χ0v) is 26.3. The Hall–Kier alpha value is -4.25. The molecule has 0 spiro atoms. The number of aromatic nitrogens is 4. The van der Waals surface area contributed by atoms with Gasteiger partial charge in [0.15, 0.2) is 5.75 Å². The highest BCUT2D eigenvalue weighted by molar-refractivity contribution is 6.36. The Labute approximate surface area is 259 Å². The highest BCUT2D eigenvalue weighted by atomic mass is 35.5. The lowest BCUT2D eigenvalue weighted by Crippen LogP contribution is -2.57. The van der Waals surface area contributed by atoms with Crippen LogP contribution in [0.5, 0.6) is 5.75 Å². The first-order valence-corrected chi connectivity index (χ1v) is 15.0. The number of hydrogen-bond donors (Lipinski definition) is 0. The van der Waals surface area contributed by atoms with Crippen molar-refractivity contribution in [1.29, 1.82) is 0 Å². The molecule has 1 aromatic carbocycles. The number of ether oxygens (including phenoxy) is 2. The van der Waals surface area contributed by atoms with Crippen molar-refractivity contribution in [2.75, 3.05) is 31.1 Å². The van der Waals surface area contributed by atoms with Crippen LogP contribution in [-0.4, -0.2) is 68.4 Å². The molecule has 6 rings (SSSR count). The summed E-state index contributed by atoms with van der Waals surface area (Å²) in [5, 5.41) is 0.667. The van der Waals surface area contributed by atoms with Gasteiger partial charge in [0.05, 0.1) is 33.3 Å². The molecule has 0 unspecified atom stereocenters. The molecule has 0 aliphatic carbocycles. The monoisotopic (exact) mass is 620 g/mol. The van der Waals surface area contributed by atoms with Crippen LogP contribution in [0.1, 0.15) is 51.8 Å². The summed E-state index contributed by atoms with van der Waals surface area (Å²) in [6.45, 7) is 12.5. The van der Waals surface area contributed by atoms with Crippen molar-refractivity contribution in [3.63, 3.8) is 0 Å². The van der Waals surface area contributed by atoms with Crippen LogP contribution in [0.25, 0.3) is 27.8 Å². The number of benzene rings is 1. The maximum Gasteiger partial charge on any atom is 0.410 e. The molecule has 1 fully saturated rings. The average molecular weight is 621 g/mol. The summed E-state index contributed by atoms with van der Waals surface area (Å²) in [4.78, 5) is 44.2. The number of fused-ring (bicyclic) bond motifs is 2. The molecular weight excluding hydrogens is 587 g/mol. The van der Waals surface area contributed by atoms with Crippen LogP contribution in [0.2, 0.25) is 5.02 Å². The van der Waals surface area contributed by atoms with Gasteiger partial charge in [-0.15, -0.1) is 0 Å². The molecule has 1 amide bonds. The number of anilines is 1. The van der Waals surface area contributed by atoms with E-state index in [-0.39, 0.29) is 47.1 Å². The maximum atomic E-state index is 15.2. The first-order chi connectivity index (χ1) is 20.9. The molecule has 4 aromatic rings. The van der Waals surface area contributed by atoms with E-state index in [4.69, 9.17) is 21.1 Å². The minimum Gasteiger partial charge on any atom is -0.489 e. The lowest BCUT2D eigenvalue weighted by molar-refractivity contribution is 0.0202. The molecule has 10 nitrogen and oxygen atoms in total. The van der Waals surface area contributed by atoms with E-state index in [2.05, 4.69) is 15.0 Å². The van der Waals surface area contributed by atoms with Crippen molar-refractivity contribution in [1.82, 2.24) is 24.4 Å². The van der Waals surface area contributed by atoms with Crippen LogP contribution in [0.3, 0.4) is 0 Å². The molecule has 1 saturated heterocycles. The van der Waals surface area contributed by atoms with Gasteiger partial charge >= 0.3 is 11.8 Å². The van der Waals surface area contributed by atoms with E-state index in [0.717, 1.165) is 5.56 Å². The Morgan fingerprint density at radius 2 is 1.95 bits per heavy atom. The number of rotatable bonds is 3. The third-order valence-electron chi connectivity index (χ3n) is 7.82. The van der Waals surface area contributed by atoms with Crippen LogP contribution in [0, 0.1) is 12.7 Å². The van der Waals surface area contributed by atoms with Gasteiger partial charge in [-0.25, -0.2) is 14.0 Å². The van der Waals surface area contributed by atoms with Gasteiger partial charge in [-0.1, -0.05) is 25.4 Å². The first-order valence-electron chi connectivity index (χ1n) is 14.6. The molecule has 2 aliphatic rings. The molecule has 44 heavy (non-hydrogen) atoms. The predicted molar refractivity (Wildman–Crippen MR) is 167 cm³/mol. The molecule has 5 heterocycles. The van der Waals surface area contributed by atoms with Crippen molar-refractivity contribution in [3.8, 4) is 22.7 Å². The minimum absolute atomic E-state index is 0.0109. The summed E-state index contributed by atoms with van der Waals surface area (Å²) in [6, 6.07) is 5.97. The molecule has 0 bridgehead atoms. The van der Waals surface area contributed by atoms with Crippen molar-refractivity contribution < 1.29 is 18.7 Å². The van der Waals surface area contributed by atoms with E-state index in [0.29, 0.717) is 41.2 Å². The Morgan fingerprint density at radius 3 is 2.66 bits per heavy atom. The first kappa shape index (κ1) is 29.8. The van der Waals surface area contributed by atoms with Crippen molar-refractivity contribution in [2.24, 2.45) is 0 Å². The minimum atomic E-state index is -0.646. The van der Waals surface area contributed by atoms with Crippen LogP contribution in [0.15, 0.2) is 41.5 Å². The van der Waals surface area contributed by atoms with Crippen molar-refractivity contribution in [2.45, 2.75) is 59.1 Å². The lowest BCUT2D eigenvalue weighted by Gasteiger charge is -2.41. The molecule has 12 heteroatoms. The van der Waals surface area contributed by atoms with Crippen LogP contribution < -0.4 is 15.3 Å². The number of nitrogens with zero attached hydrogens (tertiary/aromatic N) is 6. The average Bonchev–Trinajstić information content (AvgIpc) is 3.12. The molecule has 230 valence electrons. The molecule has 2 aliphatic heterocycles. The highest BCUT2D eigenvalue weighted by Crippen LogP contribution is 2.47. The fourth-order valence-electron chi connectivity index (χ4n) is 5.86. The molecule has 0 saturated carbocycles. The standard InChI is InChI=1S/C32H34ClFN6O4/c1-17(2)25-27(18(3)9-11-36-25)40-22-14-20(26-21(34)8-7-10-35-26)24(33)28-23(22)29(37-30(40)41)39-13-12-38(15-19(39)16-43-28)31(42)44-32(4,5)6/h7-11,14,17,19H,12-13,15-16H2,1-6H3/t19-/m0/s1. The smallest absolute Gasteiger partial charge is 0.410 e. The van der Waals surface area contributed by atoms with E-state index in [9.17, 15) is 9.59 Å². The molecule has 3 aromatic heterocycles. The Bertz CT molecular complexity index is 1850. The van der Waals surface area contributed by atoms with Gasteiger partial charge in [0, 0.05) is 37.6 Å². The number of piperazine rings is 1. The third kappa shape index (κ3) is 5.12. The van der Waals surface area contributed by atoms with Gasteiger partial charge in [-0.3, -0.25) is 14.5 Å². The summed E-state index contributed by atoms with van der Waals surface area (Å²) >= 11 is 7.01. The fraction of sp³-hybridized carbons (Fsp3) is 0.406. The van der Waals surface area contributed by atoms with Gasteiger partial charge < -0.3 is 19.3 Å². The summed E-state index contributed by atoms with van der Waals surface area (Å²) in [5.41, 5.74) is 1.71. The van der Waals surface area contributed by atoms with E-state index in [1.54, 1.807) is 17.2 Å². The van der Waals surface area contributed by atoms with Gasteiger partial charge in [-0.05, 0) is 63.4 Å². The second-order valence-corrected chi connectivity index (χ2v) is 12.8. The number of hydrogen-bond acceptors (Lipinski definition) is 8. The van der Waals surface area contributed by atoms with Crippen LogP contribution >= 0.6 is 11.6 Å². The van der Waals surface area contributed by atoms with Crippen molar-refractivity contribution >= 4 is 34.4 Å². The quantitative estimate of drug-likeness (QED) is 0.280. The predicted octanol–water partition coefficient (Wildman–Crippen LogP) is 5.89. The SMILES string of the molecule is Cc1ccnc(C(C)C)c1-n1c(=O)nc2c3c(c(Cl)c(-c4ncccc4F)cc31)OC[C@@H]1CN(C(=O)OC(C)(C)C)CCN21. The summed E-state index contributed by atoms with van der Waals surface area (Å²) < 4.78 is 28.7. The van der Waals surface area contributed by atoms with Gasteiger partial charge in [0.1, 0.15) is 29.5 Å². The molecule has 1 atom stereocenters. The fourth-order valence-corrected chi connectivity index (χ4v) is 6.15. The van der Waals surface area contributed by atoms with Gasteiger partial charge in [-0.2, -0.15) is 4.98 Å². The van der Waals surface area contributed by atoms with E-state index < -0.39 is 23.2 Å². The largest absolute Gasteiger partial charge is 0.489 e. The number of halogens is 2. The highest BCUT2D eigenvalue weighted by Gasteiger charge is 2.38. The zero-order valence-electron chi connectivity index (χ0n) is 25.5. The van der Waals surface area contributed by atoms with Crippen molar-refractivity contribution in [3.05, 3.63) is 69.2 Å². The second-order valence-electron chi connectivity index (χ2n) is 12.4. The molecular formula is C32H34ClFN6O4. The summed E-state index contributed by atoms with van der Waals surface area (Å²) in [6.07, 6.45) is 2.77. The van der Waals surface area contributed by atoms with E-state index in [1.807, 2.05) is 52.5 Å². The number of aryl methyl sites for hydroxylation is 1. The zero-order chi connectivity index (χ0) is 31.5. The van der Waals surface area contributed by atoms with Crippen LogP contribution in [-0.2, 0) is 4.74 Å². The third-order valence-corrected chi connectivity index (χ3v) is 8.20. The molecule has 0 N–H and O–H groups in total. The van der Waals surface area contributed by atoms with Crippen LogP contribution in [0.4, 0.5) is 15.0 Å². The normalized spacial score (nSPS) is 16.5. The Morgan fingerprint density at radius 1 is 1.18 bits per heavy atom. The number of carbonyl (C=O) groups is 1. The number of amides is 1. The molecule has 0 radical (unpaired) electrons. The van der Waals surface area contributed by atoms with Gasteiger partial charge in [0.2, 0.25) is 0 Å².